The summed E-state index contributed by atoms with van der Waals surface area (Å²) in [6.45, 7) is 0. The van der Waals surface area contributed by atoms with Crippen LogP contribution in [0.1, 0.15) is 22.5 Å². The average Bonchev–Trinajstić information content (AvgIpc) is 2.78. The molecule has 1 heterocycles. The van der Waals surface area contributed by atoms with Crippen LogP contribution in [0.3, 0.4) is 0 Å². The molecule has 0 unspecified atom stereocenters. The molecule has 18 heavy (non-hydrogen) atoms. The van der Waals surface area contributed by atoms with Crippen LogP contribution < -0.4 is 0 Å². The minimum absolute atomic E-state index is 0.215. The topological polar surface area (TPSA) is 63.3 Å². The highest BCUT2D eigenvalue weighted by Gasteiger charge is 2.17. The lowest BCUT2D eigenvalue weighted by Gasteiger charge is -2.02. The molecule has 0 aliphatic heterocycles. The molecule has 0 saturated heterocycles. The highest BCUT2D eigenvalue weighted by Crippen LogP contribution is 2.28. The van der Waals surface area contributed by atoms with Gasteiger partial charge in [0.1, 0.15) is 5.82 Å². The second kappa shape index (κ2) is 4.52. The summed E-state index contributed by atoms with van der Waals surface area (Å²) in [6.07, 6.45) is -2.76. The quantitative estimate of drug-likeness (QED) is 0.917. The zero-order valence-corrected chi connectivity index (χ0v) is 8.73. The maximum Gasteiger partial charge on any atom is 0.358 e. The van der Waals surface area contributed by atoms with E-state index in [1.165, 1.54) is 0 Å². The minimum Gasteiger partial charge on any atom is -0.476 e. The first-order chi connectivity index (χ1) is 8.49. The van der Waals surface area contributed by atoms with Crippen LogP contribution in [0, 0.1) is 5.82 Å². The van der Waals surface area contributed by atoms with Crippen LogP contribution in [0.25, 0.3) is 11.3 Å². The Kier molecular flexibility index (Phi) is 3.05. The number of nitrogens with zero attached hydrogens (tertiary/aromatic N) is 1. The van der Waals surface area contributed by atoms with Crippen LogP contribution in [0.15, 0.2) is 28.8 Å². The third-order valence-corrected chi connectivity index (χ3v) is 2.24. The molecule has 0 aliphatic rings. The number of rotatable bonds is 3. The van der Waals surface area contributed by atoms with Gasteiger partial charge >= 0.3 is 5.97 Å². The molecule has 0 bridgehead atoms. The first-order valence-corrected chi connectivity index (χ1v) is 4.77. The smallest absolute Gasteiger partial charge is 0.358 e. The molecular weight excluding hydrogens is 251 g/mol. The molecular formula is C11H6F3NO3. The van der Waals surface area contributed by atoms with Crippen molar-refractivity contribution in [3.63, 3.8) is 0 Å². The van der Waals surface area contributed by atoms with Crippen LogP contribution in [-0.2, 0) is 0 Å². The predicted molar refractivity (Wildman–Crippen MR) is 53.8 cm³/mol. The van der Waals surface area contributed by atoms with Crippen molar-refractivity contribution in [2.24, 2.45) is 0 Å². The molecule has 0 spiro atoms. The summed E-state index contributed by atoms with van der Waals surface area (Å²) in [7, 11) is 0. The van der Waals surface area contributed by atoms with E-state index in [9.17, 15) is 18.0 Å². The zero-order chi connectivity index (χ0) is 13.3. The lowest BCUT2D eigenvalue weighted by molar-refractivity contribution is 0.0686. The Bertz CT molecular complexity index is 595. The zero-order valence-electron chi connectivity index (χ0n) is 8.73. The molecule has 0 atom stereocenters. The Morgan fingerprint density at radius 1 is 1.33 bits per heavy atom. The van der Waals surface area contributed by atoms with Gasteiger partial charge in [-0.1, -0.05) is 11.2 Å². The van der Waals surface area contributed by atoms with Gasteiger partial charge in [-0.2, -0.15) is 0 Å². The van der Waals surface area contributed by atoms with E-state index in [1.807, 2.05) is 0 Å². The Hall–Kier alpha value is -2.31. The molecule has 0 radical (unpaired) electrons. The van der Waals surface area contributed by atoms with E-state index in [1.54, 1.807) is 0 Å². The van der Waals surface area contributed by atoms with Crippen molar-refractivity contribution >= 4 is 5.97 Å². The van der Waals surface area contributed by atoms with Crippen molar-refractivity contribution in [2.75, 3.05) is 0 Å². The molecule has 4 nitrogen and oxygen atoms in total. The summed E-state index contributed by atoms with van der Waals surface area (Å²) >= 11 is 0. The minimum atomic E-state index is -2.76. The lowest BCUT2D eigenvalue weighted by Crippen LogP contribution is -1.94. The largest absolute Gasteiger partial charge is 0.476 e. The Balaban J connectivity index is 2.48. The summed E-state index contributed by atoms with van der Waals surface area (Å²) in [5.74, 6) is -2.37. The van der Waals surface area contributed by atoms with Crippen LogP contribution in [0.5, 0.6) is 0 Å². The molecule has 2 rings (SSSR count). The average molecular weight is 257 g/mol. The van der Waals surface area contributed by atoms with Gasteiger partial charge in [0.05, 0.1) is 5.56 Å². The number of alkyl halides is 2. The van der Waals surface area contributed by atoms with Gasteiger partial charge in [-0.05, 0) is 12.1 Å². The van der Waals surface area contributed by atoms with E-state index in [-0.39, 0.29) is 16.9 Å². The van der Waals surface area contributed by atoms with E-state index < -0.39 is 23.9 Å². The second-order valence-corrected chi connectivity index (χ2v) is 3.42. The molecule has 1 aromatic carbocycles. The first-order valence-electron chi connectivity index (χ1n) is 4.77. The molecule has 1 aromatic heterocycles. The summed E-state index contributed by atoms with van der Waals surface area (Å²) < 4.78 is 43.0. The van der Waals surface area contributed by atoms with Gasteiger partial charge in [0, 0.05) is 11.6 Å². The number of halogens is 3. The van der Waals surface area contributed by atoms with Gasteiger partial charge in [-0.3, -0.25) is 0 Å². The number of carboxylic acid groups (broad SMARTS) is 1. The number of aromatic nitrogens is 1. The van der Waals surface area contributed by atoms with Gasteiger partial charge in [0.15, 0.2) is 11.5 Å². The van der Waals surface area contributed by atoms with Crippen LogP contribution in [0.2, 0.25) is 0 Å². The Morgan fingerprint density at radius 2 is 2.06 bits per heavy atom. The van der Waals surface area contributed by atoms with Crippen molar-refractivity contribution in [2.45, 2.75) is 6.43 Å². The second-order valence-electron chi connectivity index (χ2n) is 3.42. The number of hydrogen-bond donors (Lipinski definition) is 1. The number of carboxylic acids is 1. The van der Waals surface area contributed by atoms with Crippen molar-refractivity contribution in [3.8, 4) is 11.3 Å². The highest BCUT2D eigenvalue weighted by atomic mass is 19.3. The number of hydrogen-bond acceptors (Lipinski definition) is 3. The third-order valence-electron chi connectivity index (χ3n) is 2.24. The highest BCUT2D eigenvalue weighted by molar-refractivity contribution is 5.86. The van der Waals surface area contributed by atoms with Crippen LogP contribution >= 0.6 is 0 Å². The van der Waals surface area contributed by atoms with Crippen molar-refractivity contribution in [1.82, 2.24) is 5.16 Å². The van der Waals surface area contributed by atoms with Crippen molar-refractivity contribution in [1.29, 1.82) is 0 Å². The monoisotopic (exact) mass is 257 g/mol. The molecule has 2 aromatic rings. The Labute approximate surface area is 98.6 Å². The molecule has 1 N–H and O–H groups in total. The van der Waals surface area contributed by atoms with Crippen LogP contribution in [-0.4, -0.2) is 16.2 Å². The molecule has 0 amide bonds. The third kappa shape index (κ3) is 2.20. The predicted octanol–water partition coefficient (Wildman–Crippen LogP) is 3.12. The molecule has 0 aliphatic carbocycles. The van der Waals surface area contributed by atoms with Crippen LogP contribution in [0.4, 0.5) is 13.2 Å². The van der Waals surface area contributed by atoms with Gasteiger partial charge < -0.3 is 9.63 Å². The summed E-state index contributed by atoms with van der Waals surface area (Å²) in [5.41, 5.74) is -1.07. The lowest BCUT2D eigenvalue weighted by atomic mass is 10.1. The van der Waals surface area contributed by atoms with Gasteiger partial charge in [0.25, 0.3) is 6.43 Å². The summed E-state index contributed by atoms with van der Waals surface area (Å²) in [4.78, 5) is 10.6. The summed E-state index contributed by atoms with van der Waals surface area (Å²) in [6, 6.07) is 3.67. The maximum atomic E-state index is 13.4. The summed E-state index contributed by atoms with van der Waals surface area (Å²) in [5, 5.41) is 11.8. The fraction of sp³-hybridized carbons (Fsp3) is 0.0909. The van der Waals surface area contributed by atoms with E-state index in [2.05, 4.69) is 9.68 Å². The molecule has 0 fully saturated rings. The van der Waals surface area contributed by atoms with E-state index in [4.69, 9.17) is 5.11 Å². The standard InChI is InChI=1S/C11H6F3NO3/c12-7-2-1-5(10(13)14)3-6(7)9-4-8(11(16)17)15-18-9/h1-4,10H,(H,16,17). The molecule has 94 valence electrons. The maximum absolute atomic E-state index is 13.4. The SMILES string of the molecule is O=C(O)c1cc(-c2cc(C(F)F)ccc2F)on1. The fourth-order valence-corrected chi connectivity index (χ4v) is 1.37. The number of carbonyl (C=O) groups is 1. The normalized spacial score (nSPS) is 10.9. The number of benzene rings is 1. The van der Waals surface area contributed by atoms with Crippen molar-refractivity contribution in [3.05, 3.63) is 41.3 Å². The van der Waals surface area contributed by atoms with E-state index in [0.717, 1.165) is 24.3 Å². The van der Waals surface area contributed by atoms with Gasteiger partial charge in [-0.15, -0.1) is 0 Å². The van der Waals surface area contributed by atoms with Gasteiger partial charge in [-0.25, -0.2) is 18.0 Å². The number of aromatic carboxylic acids is 1. The molecule has 7 heteroatoms. The van der Waals surface area contributed by atoms with Crippen molar-refractivity contribution < 1.29 is 27.6 Å². The molecule has 0 saturated carbocycles. The van der Waals surface area contributed by atoms with E-state index in [0.29, 0.717) is 0 Å². The van der Waals surface area contributed by atoms with Gasteiger partial charge in [0.2, 0.25) is 0 Å². The van der Waals surface area contributed by atoms with E-state index >= 15 is 0 Å². The Morgan fingerprint density at radius 3 is 2.61 bits per heavy atom. The first kappa shape index (κ1) is 12.2. The fourth-order valence-electron chi connectivity index (χ4n) is 1.37.